The molecule has 1 nitrogen and oxygen atoms in total. The second kappa shape index (κ2) is 7.08. The van der Waals surface area contributed by atoms with Crippen molar-refractivity contribution in [1.29, 1.82) is 0 Å². The average Bonchev–Trinajstić information content (AvgIpc) is 2.23. The maximum atomic E-state index is 3.65. The molecule has 0 spiro atoms. The first-order chi connectivity index (χ1) is 7.67. The molecule has 0 bridgehead atoms. The fourth-order valence-electron chi connectivity index (χ4n) is 1.92. The van der Waals surface area contributed by atoms with Gasteiger partial charge in [0, 0.05) is 11.0 Å². The van der Waals surface area contributed by atoms with Gasteiger partial charge >= 0.3 is 0 Å². The van der Waals surface area contributed by atoms with Crippen molar-refractivity contribution in [3.8, 4) is 0 Å². The summed E-state index contributed by atoms with van der Waals surface area (Å²) in [5, 5.41) is 0. The van der Waals surface area contributed by atoms with Gasteiger partial charge in [0.05, 0.1) is 0 Å². The quantitative estimate of drug-likeness (QED) is 0.749. The van der Waals surface area contributed by atoms with E-state index in [1.807, 2.05) is 0 Å². The van der Waals surface area contributed by atoms with Crippen LogP contribution in [0.15, 0.2) is 22.7 Å². The maximum Gasteiger partial charge on any atom is 0.0244 e. The maximum absolute atomic E-state index is 3.65. The average molecular weight is 284 g/mol. The van der Waals surface area contributed by atoms with Gasteiger partial charge in [0.15, 0.2) is 0 Å². The van der Waals surface area contributed by atoms with Crippen molar-refractivity contribution in [2.45, 2.75) is 40.2 Å². The summed E-state index contributed by atoms with van der Waals surface area (Å²) in [6.45, 7) is 10.1. The number of halogens is 1. The molecule has 1 aromatic carbocycles. The lowest BCUT2D eigenvalue weighted by atomic mass is 10.1. The molecule has 0 unspecified atom stereocenters. The first-order valence-corrected chi connectivity index (χ1v) is 6.94. The minimum atomic E-state index is 1.06. The molecule has 90 valence electrons. The van der Waals surface area contributed by atoms with Crippen molar-refractivity contribution in [2.24, 2.45) is 0 Å². The van der Waals surface area contributed by atoms with Gasteiger partial charge in [-0.05, 0) is 50.0 Å². The van der Waals surface area contributed by atoms with Crippen molar-refractivity contribution in [3.05, 3.63) is 33.8 Å². The number of aryl methyl sites for hydroxylation is 1. The predicted molar refractivity (Wildman–Crippen MR) is 74.7 cm³/mol. The van der Waals surface area contributed by atoms with E-state index in [2.05, 4.69) is 59.8 Å². The Morgan fingerprint density at radius 3 is 2.25 bits per heavy atom. The molecule has 0 aromatic heterocycles. The van der Waals surface area contributed by atoms with E-state index in [1.54, 1.807) is 0 Å². The lowest BCUT2D eigenvalue weighted by Gasteiger charge is -2.21. The van der Waals surface area contributed by atoms with Crippen molar-refractivity contribution in [1.82, 2.24) is 4.90 Å². The molecule has 0 saturated heterocycles. The molecule has 0 radical (unpaired) electrons. The lowest BCUT2D eigenvalue weighted by Crippen LogP contribution is -2.25. The third-order valence-corrected chi connectivity index (χ3v) is 3.42. The van der Waals surface area contributed by atoms with E-state index in [9.17, 15) is 0 Å². The number of hydrogen-bond acceptors (Lipinski definition) is 1. The van der Waals surface area contributed by atoms with Crippen LogP contribution in [0.1, 0.15) is 37.8 Å². The smallest absolute Gasteiger partial charge is 0.0244 e. The predicted octanol–water partition coefficient (Wildman–Crippen LogP) is 4.38. The largest absolute Gasteiger partial charge is 0.299 e. The molecule has 1 aromatic rings. The van der Waals surface area contributed by atoms with Gasteiger partial charge in [-0.25, -0.2) is 0 Å². The summed E-state index contributed by atoms with van der Waals surface area (Å²) in [4.78, 5) is 2.52. The number of benzene rings is 1. The first kappa shape index (κ1) is 13.7. The van der Waals surface area contributed by atoms with Gasteiger partial charge in [0.25, 0.3) is 0 Å². The van der Waals surface area contributed by atoms with Gasteiger partial charge in [-0.1, -0.05) is 41.9 Å². The van der Waals surface area contributed by atoms with Crippen molar-refractivity contribution in [3.63, 3.8) is 0 Å². The summed E-state index contributed by atoms with van der Waals surface area (Å²) >= 11 is 3.65. The van der Waals surface area contributed by atoms with Crippen LogP contribution in [0.25, 0.3) is 0 Å². The highest BCUT2D eigenvalue weighted by molar-refractivity contribution is 9.10. The molecule has 1 rings (SSSR count). The zero-order valence-electron chi connectivity index (χ0n) is 10.6. The van der Waals surface area contributed by atoms with Gasteiger partial charge < -0.3 is 0 Å². The van der Waals surface area contributed by atoms with E-state index < -0.39 is 0 Å². The Labute approximate surface area is 108 Å². The van der Waals surface area contributed by atoms with Crippen molar-refractivity contribution < 1.29 is 0 Å². The van der Waals surface area contributed by atoms with Crippen LogP contribution in [0.2, 0.25) is 0 Å². The molecule has 0 N–H and O–H groups in total. The lowest BCUT2D eigenvalue weighted by molar-refractivity contribution is 0.266. The highest BCUT2D eigenvalue weighted by atomic mass is 79.9. The van der Waals surface area contributed by atoms with Crippen molar-refractivity contribution in [2.75, 3.05) is 13.1 Å². The number of rotatable bonds is 6. The Morgan fingerprint density at radius 2 is 1.75 bits per heavy atom. The molecule has 0 saturated carbocycles. The molecule has 0 aliphatic carbocycles. The standard InChI is InChI=1S/C14H22BrN/c1-4-8-16(9-5-2)11-13-7-6-12(3)10-14(13)15/h6-7,10H,4-5,8-9,11H2,1-3H3. The highest BCUT2D eigenvalue weighted by Crippen LogP contribution is 2.20. The minimum absolute atomic E-state index is 1.06. The van der Waals surface area contributed by atoms with Crippen LogP contribution in [-0.2, 0) is 6.54 Å². The summed E-state index contributed by atoms with van der Waals surface area (Å²) < 4.78 is 1.24. The molecule has 0 aliphatic rings. The Bertz CT molecular complexity index is 317. The number of hydrogen-bond donors (Lipinski definition) is 0. The monoisotopic (exact) mass is 283 g/mol. The Hall–Kier alpha value is -0.340. The second-order valence-electron chi connectivity index (χ2n) is 4.37. The van der Waals surface area contributed by atoms with E-state index in [1.165, 1.54) is 41.5 Å². The van der Waals surface area contributed by atoms with Gasteiger partial charge in [-0.3, -0.25) is 4.90 Å². The normalized spacial score (nSPS) is 11.1. The van der Waals surface area contributed by atoms with Crippen LogP contribution in [-0.4, -0.2) is 18.0 Å². The van der Waals surface area contributed by atoms with E-state index >= 15 is 0 Å². The topological polar surface area (TPSA) is 3.24 Å². The Kier molecular flexibility index (Phi) is 6.07. The second-order valence-corrected chi connectivity index (χ2v) is 5.23. The van der Waals surface area contributed by atoms with E-state index in [4.69, 9.17) is 0 Å². The van der Waals surface area contributed by atoms with Crippen LogP contribution < -0.4 is 0 Å². The zero-order chi connectivity index (χ0) is 12.0. The van der Waals surface area contributed by atoms with Gasteiger partial charge in [0.1, 0.15) is 0 Å². The summed E-state index contributed by atoms with van der Waals surface area (Å²) in [6.07, 6.45) is 2.45. The molecular formula is C14H22BrN. The summed E-state index contributed by atoms with van der Waals surface area (Å²) in [6, 6.07) is 6.62. The molecule has 0 heterocycles. The summed E-state index contributed by atoms with van der Waals surface area (Å²) in [5.74, 6) is 0. The van der Waals surface area contributed by atoms with E-state index in [-0.39, 0.29) is 0 Å². The molecule has 0 fully saturated rings. The molecule has 0 aliphatic heterocycles. The SMILES string of the molecule is CCCN(CCC)Cc1ccc(C)cc1Br. The third kappa shape index (κ3) is 4.26. The zero-order valence-corrected chi connectivity index (χ0v) is 12.2. The number of nitrogens with zero attached hydrogens (tertiary/aromatic N) is 1. The third-order valence-electron chi connectivity index (χ3n) is 2.68. The highest BCUT2D eigenvalue weighted by Gasteiger charge is 2.06. The van der Waals surface area contributed by atoms with Crippen LogP contribution >= 0.6 is 15.9 Å². The van der Waals surface area contributed by atoms with E-state index in [0.717, 1.165) is 6.54 Å². The molecule has 2 heteroatoms. The van der Waals surface area contributed by atoms with E-state index in [0.29, 0.717) is 0 Å². The van der Waals surface area contributed by atoms with Gasteiger partial charge in [0.2, 0.25) is 0 Å². The van der Waals surface area contributed by atoms with Crippen LogP contribution in [0, 0.1) is 6.92 Å². The molecule has 16 heavy (non-hydrogen) atoms. The fraction of sp³-hybridized carbons (Fsp3) is 0.571. The summed E-state index contributed by atoms with van der Waals surface area (Å²) in [5.41, 5.74) is 2.71. The molecule has 0 atom stereocenters. The van der Waals surface area contributed by atoms with Crippen LogP contribution in [0.4, 0.5) is 0 Å². The Balaban J connectivity index is 2.68. The van der Waals surface area contributed by atoms with Gasteiger partial charge in [-0.15, -0.1) is 0 Å². The first-order valence-electron chi connectivity index (χ1n) is 6.14. The fourth-order valence-corrected chi connectivity index (χ4v) is 2.54. The minimum Gasteiger partial charge on any atom is -0.299 e. The van der Waals surface area contributed by atoms with Crippen molar-refractivity contribution >= 4 is 15.9 Å². The summed E-state index contributed by atoms with van der Waals surface area (Å²) in [7, 11) is 0. The Morgan fingerprint density at radius 1 is 1.12 bits per heavy atom. The van der Waals surface area contributed by atoms with Crippen LogP contribution in [0.5, 0.6) is 0 Å². The molecular weight excluding hydrogens is 262 g/mol. The van der Waals surface area contributed by atoms with Crippen LogP contribution in [0.3, 0.4) is 0 Å². The molecule has 0 amide bonds. The van der Waals surface area contributed by atoms with Gasteiger partial charge in [-0.2, -0.15) is 0 Å².